The number of hydrogen-bond donors (Lipinski definition) is 1. The number of nitrogens with zero attached hydrogens (tertiary/aromatic N) is 2. The summed E-state index contributed by atoms with van der Waals surface area (Å²) < 4.78 is 0.974. The monoisotopic (exact) mass is 263 g/mol. The predicted octanol–water partition coefficient (Wildman–Crippen LogP) is 3.12. The Hall–Kier alpha value is -1.34. The average molecular weight is 264 g/mol. The van der Waals surface area contributed by atoms with E-state index in [1.807, 2.05) is 24.3 Å². The molecule has 1 saturated carbocycles. The predicted molar refractivity (Wildman–Crippen MR) is 62.7 cm³/mol. The molecule has 1 aromatic rings. The highest BCUT2D eigenvalue weighted by Crippen LogP contribution is 2.32. The van der Waals surface area contributed by atoms with Crippen LogP contribution >= 0.6 is 15.9 Å². The lowest BCUT2D eigenvalue weighted by Crippen LogP contribution is -2.26. The Kier molecular flexibility index (Phi) is 2.74. The van der Waals surface area contributed by atoms with Crippen molar-refractivity contribution in [2.75, 3.05) is 4.90 Å². The molecule has 1 N–H and O–H groups in total. The highest BCUT2D eigenvalue weighted by molar-refractivity contribution is 9.10. The number of amidine groups is 1. The lowest BCUT2D eigenvalue weighted by atomic mass is 10.2. The topological polar surface area (TPSA) is 50.9 Å². The SMILES string of the molecule is N#CN(C(=N)C1CC1)c1ccc(Br)cc1. The summed E-state index contributed by atoms with van der Waals surface area (Å²) in [5.41, 5.74) is 0.762. The Morgan fingerprint density at radius 1 is 1.40 bits per heavy atom. The van der Waals surface area contributed by atoms with Crippen molar-refractivity contribution in [3.05, 3.63) is 28.7 Å². The maximum absolute atomic E-state index is 9.02. The molecule has 0 heterocycles. The van der Waals surface area contributed by atoms with Crippen molar-refractivity contribution in [1.82, 2.24) is 0 Å². The first-order valence-electron chi connectivity index (χ1n) is 4.76. The summed E-state index contributed by atoms with van der Waals surface area (Å²) in [6, 6.07) is 7.42. The van der Waals surface area contributed by atoms with E-state index in [1.165, 1.54) is 4.90 Å². The molecule has 1 aliphatic rings. The zero-order valence-corrected chi connectivity index (χ0v) is 9.66. The van der Waals surface area contributed by atoms with Crippen molar-refractivity contribution in [3.63, 3.8) is 0 Å². The molecular weight excluding hydrogens is 254 g/mol. The molecule has 1 aliphatic carbocycles. The fourth-order valence-corrected chi connectivity index (χ4v) is 1.64. The molecule has 4 heteroatoms. The molecule has 0 amide bonds. The number of nitrogens with one attached hydrogen (secondary N) is 1. The molecular formula is C11H10BrN3. The molecule has 0 bridgehead atoms. The van der Waals surface area contributed by atoms with E-state index in [4.69, 9.17) is 10.7 Å². The quantitative estimate of drug-likeness (QED) is 0.386. The minimum Gasteiger partial charge on any atom is -0.287 e. The molecule has 0 spiro atoms. The van der Waals surface area contributed by atoms with E-state index in [-0.39, 0.29) is 5.92 Å². The van der Waals surface area contributed by atoms with Crippen LogP contribution in [0.1, 0.15) is 12.8 Å². The molecule has 1 aromatic carbocycles. The van der Waals surface area contributed by atoms with E-state index in [9.17, 15) is 0 Å². The molecule has 15 heavy (non-hydrogen) atoms. The van der Waals surface area contributed by atoms with Crippen LogP contribution in [0, 0.1) is 22.8 Å². The van der Waals surface area contributed by atoms with Crippen LogP contribution in [0.4, 0.5) is 5.69 Å². The minimum atomic E-state index is 0.285. The Morgan fingerprint density at radius 2 is 2.00 bits per heavy atom. The first-order chi connectivity index (χ1) is 7.22. The smallest absolute Gasteiger partial charge is 0.190 e. The van der Waals surface area contributed by atoms with Crippen LogP contribution in [0.2, 0.25) is 0 Å². The van der Waals surface area contributed by atoms with E-state index < -0.39 is 0 Å². The van der Waals surface area contributed by atoms with Gasteiger partial charge in [0.1, 0.15) is 5.84 Å². The Labute approximate surface area is 97.0 Å². The van der Waals surface area contributed by atoms with E-state index in [2.05, 4.69) is 22.1 Å². The summed E-state index contributed by atoms with van der Waals surface area (Å²) in [4.78, 5) is 1.39. The van der Waals surface area contributed by atoms with Crippen molar-refractivity contribution < 1.29 is 0 Å². The van der Waals surface area contributed by atoms with Crippen LogP contribution in [0.15, 0.2) is 28.7 Å². The number of nitriles is 1. The fourth-order valence-electron chi connectivity index (χ4n) is 1.38. The van der Waals surface area contributed by atoms with Gasteiger partial charge in [-0.15, -0.1) is 0 Å². The van der Waals surface area contributed by atoms with Gasteiger partial charge in [-0.1, -0.05) is 15.9 Å². The van der Waals surface area contributed by atoms with Crippen LogP contribution < -0.4 is 4.90 Å². The third-order valence-corrected chi connectivity index (χ3v) is 2.92. The molecule has 0 unspecified atom stereocenters. The standard InChI is InChI=1S/C11H10BrN3/c12-9-3-5-10(6-4-9)15(7-13)11(14)8-1-2-8/h3-6,8,14H,1-2H2. The third kappa shape index (κ3) is 2.18. The molecule has 76 valence electrons. The van der Waals surface area contributed by atoms with Crippen molar-refractivity contribution in [2.45, 2.75) is 12.8 Å². The molecule has 0 aromatic heterocycles. The highest BCUT2D eigenvalue weighted by Gasteiger charge is 2.30. The van der Waals surface area contributed by atoms with Crippen molar-refractivity contribution in [1.29, 1.82) is 10.7 Å². The number of anilines is 1. The van der Waals surface area contributed by atoms with Crippen LogP contribution in [0.3, 0.4) is 0 Å². The Bertz CT molecular complexity index is 414. The van der Waals surface area contributed by atoms with Crippen LogP contribution in [-0.2, 0) is 0 Å². The zero-order valence-electron chi connectivity index (χ0n) is 8.07. The molecule has 1 fully saturated rings. The van der Waals surface area contributed by atoms with E-state index in [1.54, 1.807) is 0 Å². The normalized spacial score (nSPS) is 14.4. The maximum atomic E-state index is 9.02. The van der Waals surface area contributed by atoms with Gasteiger partial charge in [-0.25, -0.2) is 4.90 Å². The number of benzene rings is 1. The van der Waals surface area contributed by atoms with Gasteiger partial charge in [0.05, 0.1) is 5.69 Å². The van der Waals surface area contributed by atoms with Crippen LogP contribution in [0.5, 0.6) is 0 Å². The molecule has 2 rings (SSSR count). The van der Waals surface area contributed by atoms with Gasteiger partial charge in [-0.2, -0.15) is 5.26 Å². The van der Waals surface area contributed by atoms with Gasteiger partial charge in [-0.3, -0.25) is 5.41 Å². The lowest BCUT2D eigenvalue weighted by molar-refractivity contribution is 1.10. The summed E-state index contributed by atoms with van der Waals surface area (Å²) in [7, 11) is 0. The molecule has 0 aliphatic heterocycles. The largest absolute Gasteiger partial charge is 0.287 e. The molecule has 0 radical (unpaired) electrons. The van der Waals surface area contributed by atoms with Crippen molar-refractivity contribution >= 4 is 27.5 Å². The van der Waals surface area contributed by atoms with Gasteiger partial charge in [0.25, 0.3) is 0 Å². The maximum Gasteiger partial charge on any atom is 0.190 e. The van der Waals surface area contributed by atoms with Gasteiger partial charge in [0, 0.05) is 10.4 Å². The summed E-state index contributed by atoms with van der Waals surface area (Å²) in [5, 5.41) is 16.9. The Balaban J connectivity index is 2.23. The third-order valence-electron chi connectivity index (χ3n) is 2.39. The van der Waals surface area contributed by atoms with E-state index in [0.717, 1.165) is 23.0 Å². The fraction of sp³-hybridized carbons (Fsp3) is 0.273. The number of hydrogen-bond acceptors (Lipinski definition) is 2. The average Bonchev–Trinajstić information content (AvgIpc) is 3.05. The number of halogens is 1. The second-order valence-corrected chi connectivity index (χ2v) is 4.49. The van der Waals surface area contributed by atoms with Crippen molar-refractivity contribution in [2.24, 2.45) is 5.92 Å². The summed E-state index contributed by atoms with van der Waals surface area (Å²) in [5.74, 6) is 0.702. The second-order valence-electron chi connectivity index (χ2n) is 3.57. The van der Waals surface area contributed by atoms with Crippen LogP contribution in [-0.4, -0.2) is 5.84 Å². The van der Waals surface area contributed by atoms with Crippen LogP contribution in [0.25, 0.3) is 0 Å². The second kappa shape index (κ2) is 4.03. The van der Waals surface area contributed by atoms with Gasteiger partial charge in [0.15, 0.2) is 6.19 Å². The van der Waals surface area contributed by atoms with E-state index >= 15 is 0 Å². The molecule has 0 saturated heterocycles. The summed E-state index contributed by atoms with van der Waals surface area (Å²) >= 11 is 3.34. The molecule has 0 atom stereocenters. The van der Waals surface area contributed by atoms with E-state index in [0.29, 0.717) is 5.84 Å². The van der Waals surface area contributed by atoms with Gasteiger partial charge in [-0.05, 0) is 37.1 Å². The minimum absolute atomic E-state index is 0.285. The highest BCUT2D eigenvalue weighted by atomic mass is 79.9. The summed E-state index contributed by atoms with van der Waals surface area (Å²) in [6.45, 7) is 0. The first-order valence-corrected chi connectivity index (χ1v) is 5.55. The van der Waals surface area contributed by atoms with Gasteiger partial charge in [0.2, 0.25) is 0 Å². The Morgan fingerprint density at radius 3 is 2.47 bits per heavy atom. The van der Waals surface area contributed by atoms with Gasteiger partial charge >= 0.3 is 0 Å². The molecule has 3 nitrogen and oxygen atoms in total. The van der Waals surface area contributed by atoms with Crippen molar-refractivity contribution in [3.8, 4) is 6.19 Å². The first kappa shape index (κ1) is 10.2. The lowest BCUT2D eigenvalue weighted by Gasteiger charge is -2.15. The van der Waals surface area contributed by atoms with Gasteiger partial charge < -0.3 is 0 Å². The number of rotatable bonds is 2. The zero-order chi connectivity index (χ0) is 10.8. The summed E-state index contributed by atoms with van der Waals surface area (Å²) in [6.07, 6.45) is 4.12.